The zero-order chi connectivity index (χ0) is 13.5. The molecule has 1 aromatic rings. The van der Waals surface area contributed by atoms with E-state index in [2.05, 4.69) is 30.4 Å². The van der Waals surface area contributed by atoms with Crippen LogP contribution in [0.3, 0.4) is 0 Å². The molecule has 1 N–H and O–H groups in total. The van der Waals surface area contributed by atoms with Crippen molar-refractivity contribution in [2.24, 2.45) is 11.8 Å². The lowest BCUT2D eigenvalue weighted by Crippen LogP contribution is -2.21. The van der Waals surface area contributed by atoms with Crippen molar-refractivity contribution in [3.63, 3.8) is 0 Å². The van der Waals surface area contributed by atoms with Gasteiger partial charge in [0.1, 0.15) is 5.75 Å². The molecule has 0 heterocycles. The monoisotopic (exact) mass is 261 g/mol. The summed E-state index contributed by atoms with van der Waals surface area (Å²) in [5, 5.41) is 3.56. The van der Waals surface area contributed by atoms with Gasteiger partial charge in [0.2, 0.25) is 0 Å². The first-order valence-electron chi connectivity index (χ1n) is 7.61. The standard InChI is InChI=1S/C17H27NO/c1-14-5-3-6-15(11-14)9-10-18-13-16-7-4-8-17(12-16)19-2/h4,7-8,12,14-15,18H,3,5-6,9-11,13H2,1-2H3. The van der Waals surface area contributed by atoms with Crippen molar-refractivity contribution >= 4 is 0 Å². The molecular weight excluding hydrogens is 234 g/mol. The number of methoxy groups -OCH3 is 1. The molecule has 1 aliphatic carbocycles. The molecule has 0 aliphatic heterocycles. The highest BCUT2D eigenvalue weighted by Gasteiger charge is 2.17. The molecule has 19 heavy (non-hydrogen) atoms. The van der Waals surface area contributed by atoms with Crippen molar-refractivity contribution < 1.29 is 4.74 Å². The Labute approximate surface area is 117 Å². The molecule has 0 aromatic heterocycles. The molecule has 0 amide bonds. The fourth-order valence-electron chi connectivity index (χ4n) is 3.14. The van der Waals surface area contributed by atoms with Gasteiger partial charge in [-0.2, -0.15) is 0 Å². The first-order valence-corrected chi connectivity index (χ1v) is 7.61. The largest absolute Gasteiger partial charge is 0.497 e. The van der Waals surface area contributed by atoms with Crippen LogP contribution < -0.4 is 10.1 Å². The van der Waals surface area contributed by atoms with Crippen LogP contribution in [-0.2, 0) is 6.54 Å². The van der Waals surface area contributed by atoms with Gasteiger partial charge in [0.05, 0.1) is 7.11 Å². The summed E-state index contributed by atoms with van der Waals surface area (Å²) in [5.74, 6) is 2.83. The lowest BCUT2D eigenvalue weighted by atomic mass is 9.81. The highest BCUT2D eigenvalue weighted by molar-refractivity contribution is 5.28. The maximum atomic E-state index is 5.24. The van der Waals surface area contributed by atoms with E-state index in [0.717, 1.165) is 30.7 Å². The van der Waals surface area contributed by atoms with Gasteiger partial charge in [-0.15, -0.1) is 0 Å². The minimum absolute atomic E-state index is 0.942. The van der Waals surface area contributed by atoms with Gasteiger partial charge in [-0.05, 0) is 48.9 Å². The van der Waals surface area contributed by atoms with E-state index in [1.165, 1.54) is 37.7 Å². The van der Waals surface area contributed by atoms with Crippen LogP contribution in [0.25, 0.3) is 0 Å². The lowest BCUT2D eigenvalue weighted by Gasteiger charge is -2.26. The van der Waals surface area contributed by atoms with Crippen LogP contribution >= 0.6 is 0 Å². The first kappa shape index (κ1) is 14.4. The van der Waals surface area contributed by atoms with E-state index in [1.54, 1.807) is 7.11 Å². The Morgan fingerprint density at radius 2 is 2.21 bits per heavy atom. The van der Waals surface area contributed by atoms with Gasteiger partial charge in [-0.1, -0.05) is 38.3 Å². The molecule has 2 atom stereocenters. The number of nitrogens with one attached hydrogen (secondary N) is 1. The zero-order valence-electron chi connectivity index (χ0n) is 12.3. The minimum Gasteiger partial charge on any atom is -0.497 e. The highest BCUT2D eigenvalue weighted by atomic mass is 16.5. The van der Waals surface area contributed by atoms with E-state index in [1.807, 2.05) is 6.07 Å². The van der Waals surface area contributed by atoms with Crippen molar-refractivity contribution in [2.75, 3.05) is 13.7 Å². The molecule has 1 saturated carbocycles. The summed E-state index contributed by atoms with van der Waals surface area (Å²) in [6, 6.07) is 8.31. The molecule has 0 radical (unpaired) electrons. The first-order chi connectivity index (χ1) is 9.28. The van der Waals surface area contributed by atoms with Crippen LogP contribution in [-0.4, -0.2) is 13.7 Å². The summed E-state index contributed by atoms with van der Waals surface area (Å²) in [7, 11) is 1.72. The van der Waals surface area contributed by atoms with Crippen LogP contribution in [0.4, 0.5) is 0 Å². The van der Waals surface area contributed by atoms with E-state index in [-0.39, 0.29) is 0 Å². The molecule has 106 valence electrons. The molecule has 1 aromatic carbocycles. The Balaban J connectivity index is 1.66. The fraction of sp³-hybridized carbons (Fsp3) is 0.647. The smallest absolute Gasteiger partial charge is 0.119 e. The summed E-state index contributed by atoms with van der Waals surface area (Å²) in [6.45, 7) is 4.48. The summed E-state index contributed by atoms with van der Waals surface area (Å²) < 4.78 is 5.24. The van der Waals surface area contributed by atoms with E-state index in [9.17, 15) is 0 Å². The van der Waals surface area contributed by atoms with Gasteiger partial charge < -0.3 is 10.1 Å². The van der Waals surface area contributed by atoms with Crippen LogP contribution in [0.2, 0.25) is 0 Å². The Morgan fingerprint density at radius 1 is 1.32 bits per heavy atom. The second kappa shape index (κ2) is 7.54. The topological polar surface area (TPSA) is 21.3 Å². The third-order valence-electron chi connectivity index (χ3n) is 4.24. The molecule has 2 rings (SSSR count). The van der Waals surface area contributed by atoms with Gasteiger partial charge in [0.25, 0.3) is 0 Å². The summed E-state index contributed by atoms with van der Waals surface area (Å²) in [4.78, 5) is 0. The van der Waals surface area contributed by atoms with Crippen LogP contribution in [0.1, 0.15) is 44.6 Å². The Bertz CT molecular complexity index is 377. The molecule has 2 heteroatoms. The minimum atomic E-state index is 0.942. The molecule has 0 bridgehead atoms. The predicted octanol–water partition coefficient (Wildman–Crippen LogP) is 4.00. The summed E-state index contributed by atoms with van der Waals surface area (Å²) in [5.41, 5.74) is 1.30. The molecular formula is C17H27NO. The van der Waals surface area contributed by atoms with E-state index >= 15 is 0 Å². The van der Waals surface area contributed by atoms with Crippen molar-refractivity contribution in [3.05, 3.63) is 29.8 Å². The molecule has 2 nitrogen and oxygen atoms in total. The van der Waals surface area contributed by atoms with Crippen LogP contribution in [0.5, 0.6) is 5.75 Å². The van der Waals surface area contributed by atoms with Crippen molar-refractivity contribution in [3.8, 4) is 5.75 Å². The van der Waals surface area contributed by atoms with E-state index < -0.39 is 0 Å². The van der Waals surface area contributed by atoms with E-state index in [4.69, 9.17) is 4.74 Å². The van der Waals surface area contributed by atoms with E-state index in [0.29, 0.717) is 0 Å². The molecule has 1 fully saturated rings. The fourth-order valence-corrected chi connectivity index (χ4v) is 3.14. The average Bonchev–Trinajstić information content (AvgIpc) is 2.44. The highest BCUT2D eigenvalue weighted by Crippen LogP contribution is 2.30. The molecule has 2 unspecified atom stereocenters. The second-order valence-corrected chi connectivity index (χ2v) is 5.95. The number of hydrogen-bond acceptors (Lipinski definition) is 2. The number of benzene rings is 1. The van der Waals surface area contributed by atoms with Crippen LogP contribution in [0, 0.1) is 11.8 Å². The number of rotatable bonds is 6. The van der Waals surface area contributed by atoms with Crippen molar-refractivity contribution in [1.82, 2.24) is 5.32 Å². The molecule has 0 spiro atoms. The maximum Gasteiger partial charge on any atom is 0.119 e. The Hall–Kier alpha value is -1.02. The Morgan fingerprint density at radius 3 is 3.00 bits per heavy atom. The SMILES string of the molecule is COc1cccc(CNCCC2CCCC(C)C2)c1. The average molecular weight is 261 g/mol. The quantitative estimate of drug-likeness (QED) is 0.781. The normalized spacial score (nSPS) is 23.3. The van der Waals surface area contributed by atoms with Crippen LogP contribution in [0.15, 0.2) is 24.3 Å². The van der Waals surface area contributed by atoms with Gasteiger partial charge in [0, 0.05) is 6.54 Å². The van der Waals surface area contributed by atoms with Gasteiger partial charge in [-0.3, -0.25) is 0 Å². The summed E-state index contributed by atoms with van der Waals surface area (Å²) in [6.07, 6.45) is 7.07. The van der Waals surface area contributed by atoms with Gasteiger partial charge in [0.15, 0.2) is 0 Å². The molecule has 1 aliphatic rings. The Kier molecular flexibility index (Phi) is 5.71. The number of hydrogen-bond donors (Lipinski definition) is 1. The van der Waals surface area contributed by atoms with Gasteiger partial charge >= 0.3 is 0 Å². The van der Waals surface area contributed by atoms with Gasteiger partial charge in [-0.25, -0.2) is 0 Å². The van der Waals surface area contributed by atoms with Crippen molar-refractivity contribution in [2.45, 2.75) is 45.6 Å². The number of ether oxygens (including phenoxy) is 1. The third kappa shape index (κ3) is 4.87. The molecule has 0 saturated heterocycles. The second-order valence-electron chi connectivity index (χ2n) is 5.95. The lowest BCUT2D eigenvalue weighted by molar-refractivity contribution is 0.267. The third-order valence-corrected chi connectivity index (χ3v) is 4.24. The summed E-state index contributed by atoms with van der Waals surface area (Å²) >= 11 is 0. The predicted molar refractivity (Wildman–Crippen MR) is 80.4 cm³/mol. The van der Waals surface area contributed by atoms with Crippen molar-refractivity contribution in [1.29, 1.82) is 0 Å². The maximum absolute atomic E-state index is 5.24. The zero-order valence-corrected chi connectivity index (χ0v) is 12.3.